The van der Waals surface area contributed by atoms with Gasteiger partial charge in [0.1, 0.15) is 0 Å². The Balaban J connectivity index is 2.35. The standard InChI is InChI=1S/C14H28N2O4/c1-3-18-9-6-16(7-10-19-4-2)14(17)11-13-12-20-8-5-15-13/h13,15H,3-12H2,1-2H3. The van der Waals surface area contributed by atoms with Gasteiger partial charge in [-0.05, 0) is 13.8 Å². The molecule has 1 amide bonds. The van der Waals surface area contributed by atoms with Crippen LogP contribution in [0.5, 0.6) is 0 Å². The van der Waals surface area contributed by atoms with Crippen LogP contribution < -0.4 is 5.32 Å². The lowest BCUT2D eigenvalue weighted by Crippen LogP contribution is -2.46. The number of hydrogen-bond donors (Lipinski definition) is 1. The number of ether oxygens (including phenoxy) is 3. The lowest BCUT2D eigenvalue weighted by atomic mass is 10.2. The summed E-state index contributed by atoms with van der Waals surface area (Å²) in [5, 5.41) is 3.30. The number of morpholine rings is 1. The minimum atomic E-state index is 0.123. The molecule has 0 bridgehead atoms. The molecule has 1 aliphatic rings. The van der Waals surface area contributed by atoms with Crippen molar-refractivity contribution in [2.75, 3.05) is 59.3 Å². The van der Waals surface area contributed by atoms with Crippen molar-refractivity contribution in [3.8, 4) is 0 Å². The first-order valence-corrected chi connectivity index (χ1v) is 7.52. The van der Waals surface area contributed by atoms with Crippen LogP contribution in [-0.2, 0) is 19.0 Å². The van der Waals surface area contributed by atoms with Crippen molar-refractivity contribution in [1.29, 1.82) is 0 Å². The maximum Gasteiger partial charge on any atom is 0.224 e. The van der Waals surface area contributed by atoms with E-state index >= 15 is 0 Å². The van der Waals surface area contributed by atoms with Crippen LogP contribution in [0, 0.1) is 0 Å². The van der Waals surface area contributed by atoms with Gasteiger partial charge in [-0.25, -0.2) is 0 Å². The van der Waals surface area contributed by atoms with Crippen molar-refractivity contribution < 1.29 is 19.0 Å². The summed E-state index contributed by atoms with van der Waals surface area (Å²) in [7, 11) is 0. The summed E-state index contributed by atoms with van der Waals surface area (Å²) in [6.07, 6.45) is 0.470. The molecule has 1 heterocycles. The predicted molar refractivity (Wildman–Crippen MR) is 76.8 cm³/mol. The van der Waals surface area contributed by atoms with E-state index in [1.807, 2.05) is 18.7 Å². The molecule has 1 aliphatic heterocycles. The first-order valence-electron chi connectivity index (χ1n) is 7.52. The van der Waals surface area contributed by atoms with Gasteiger partial charge < -0.3 is 24.4 Å². The Hall–Kier alpha value is -0.690. The van der Waals surface area contributed by atoms with E-state index < -0.39 is 0 Å². The molecule has 1 saturated heterocycles. The lowest BCUT2D eigenvalue weighted by molar-refractivity contribution is -0.134. The second-order valence-corrected chi connectivity index (χ2v) is 4.70. The fourth-order valence-electron chi connectivity index (χ4n) is 2.09. The van der Waals surface area contributed by atoms with E-state index in [0.717, 1.165) is 13.2 Å². The van der Waals surface area contributed by atoms with Crippen LogP contribution in [0.1, 0.15) is 20.3 Å². The molecule has 6 heteroatoms. The third kappa shape index (κ3) is 7.19. The average Bonchev–Trinajstić information content (AvgIpc) is 2.47. The Morgan fingerprint density at radius 1 is 1.25 bits per heavy atom. The predicted octanol–water partition coefficient (Wildman–Crippen LogP) is 0.267. The van der Waals surface area contributed by atoms with Gasteiger partial charge in [-0.3, -0.25) is 4.79 Å². The van der Waals surface area contributed by atoms with Crippen LogP contribution >= 0.6 is 0 Å². The lowest BCUT2D eigenvalue weighted by Gasteiger charge is -2.27. The summed E-state index contributed by atoms with van der Waals surface area (Å²) in [5.41, 5.74) is 0. The summed E-state index contributed by atoms with van der Waals surface area (Å²) < 4.78 is 16.0. The summed E-state index contributed by atoms with van der Waals surface area (Å²) in [6, 6.07) is 0.123. The molecule has 1 atom stereocenters. The van der Waals surface area contributed by atoms with Crippen molar-refractivity contribution in [2.24, 2.45) is 0 Å². The molecule has 1 fully saturated rings. The number of hydrogen-bond acceptors (Lipinski definition) is 5. The van der Waals surface area contributed by atoms with E-state index in [2.05, 4.69) is 5.32 Å². The third-order valence-electron chi connectivity index (χ3n) is 3.19. The van der Waals surface area contributed by atoms with Gasteiger partial charge in [0, 0.05) is 45.3 Å². The fraction of sp³-hybridized carbons (Fsp3) is 0.929. The zero-order valence-corrected chi connectivity index (χ0v) is 12.7. The number of carbonyl (C=O) groups is 1. The van der Waals surface area contributed by atoms with E-state index in [9.17, 15) is 4.79 Å². The van der Waals surface area contributed by atoms with Crippen LogP contribution in [0.4, 0.5) is 0 Å². The number of carbonyl (C=O) groups excluding carboxylic acids is 1. The highest BCUT2D eigenvalue weighted by molar-refractivity contribution is 5.76. The largest absolute Gasteiger partial charge is 0.380 e. The van der Waals surface area contributed by atoms with E-state index in [4.69, 9.17) is 14.2 Å². The minimum absolute atomic E-state index is 0.123. The summed E-state index contributed by atoms with van der Waals surface area (Å²) in [4.78, 5) is 14.1. The van der Waals surface area contributed by atoms with Gasteiger partial charge in [0.05, 0.1) is 26.4 Å². The van der Waals surface area contributed by atoms with Crippen LogP contribution in [-0.4, -0.2) is 76.1 Å². The highest BCUT2D eigenvalue weighted by Crippen LogP contribution is 2.03. The average molecular weight is 288 g/mol. The monoisotopic (exact) mass is 288 g/mol. The molecule has 0 saturated carbocycles. The van der Waals surface area contributed by atoms with E-state index in [1.165, 1.54) is 0 Å². The first-order chi connectivity index (χ1) is 9.77. The van der Waals surface area contributed by atoms with E-state index in [-0.39, 0.29) is 11.9 Å². The molecule has 0 spiro atoms. The molecule has 6 nitrogen and oxygen atoms in total. The Labute approximate surface area is 121 Å². The Morgan fingerprint density at radius 3 is 2.40 bits per heavy atom. The molecule has 1 N–H and O–H groups in total. The molecule has 0 radical (unpaired) electrons. The van der Waals surface area contributed by atoms with E-state index in [1.54, 1.807) is 0 Å². The van der Waals surface area contributed by atoms with Gasteiger partial charge in [0.2, 0.25) is 5.91 Å². The Kier molecular flexibility index (Phi) is 9.57. The molecule has 20 heavy (non-hydrogen) atoms. The molecule has 0 aromatic heterocycles. The van der Waals surface area contributed by atoms with Crippen molar-refractivity contribution in [3.05, 3.63) is 0 Å². The number of nitrogens with zero attached hydrogens (tertiary/aromatic N) is 1. The molecule has 1 rings (SSSR count). The number of rotatable bonds is 10. The fourth-order valence-corrected chi connectivity index (χ4v) is 2.09. The zero-order valence-electron chi connectivity index (χ0n) is 12.7. The Morgan fingerprint density at radius 2 is 1.90 bits per heavy atom. The highest BCUT2D eigenvalue weighted by atomic mass is 16.5. The van der Waals surface area contributed by atoms with Crippen LogP contribution in [0.3, 0.4) is 0 Å². The molecule has 0 aliphatic carbocycles. The Bertz CT molecular complexity index is 248. The van der Waals surface area contributed by atoms with Gasteiger partial charge in [0.25, 0.3) is 0 Å². The van der Waals surface area contributed by atoms with Crippen LogP contribution in [0.25, 0.3) is 0 Å². The van der Waals surface area contributed by atoms with Gasteiger partial charge in [-0.15, -0.1) is 0 Å². The molecule has 118 valence electrons. The van der Waals surface area contributed by atoms with Crippen LogP contribution in [0.2, 0.25) is 0 Å². The van der Waals surface area contributed by atoms with Gasteiger partial charge in [-0.1, -0.05) is 0 Å². The third-order valence-corrected chi connectivity index (χ3v) is 3.19. The number of nitrogens with one attached hydrogen (secondary N) is 1. The highest BCUT2D eigenvalue weighted by Gasteiger charge is 2.20. The summed E-state index contributed by atoms with van der Waals surface area (Å²) in [6.45, 7) is 9.78. The topological polar surface area (TPSA) is 60.0 Å². The van der Waals surface area contributed by atoms with E-state index in [0.29, 0.717) is 52.5 Å². The van der Waals surface area contributed by atoms with Crippen LogP contribution in [0.15, 0.2) is 0 Å². The molecule has 0 aromatic rings. The summed E-state index contributed by atoms with van der Waals surface area (Å²) >= 11 is 0. The zero-order chi connectivity index (χ0) is 14.6. The minimum Gasteiger partial charge on any atom is -0.380 e. The second kappa shape index (κ2) is 11.0. The maximum absolute atomic E-state index is 12.3. The first kappa shape index (κ1) is 17.4. The smallest absolute Gasteiger partial charge is 0.224 e. The number of amides is 1. The molecular formula is C14H28N2O4. The van der Waals surface area contributed by atoms with Crippen molar-refractivity contribution >= 4 is 5.91 Å². The molecule has 1 unspecified atom stereocenters. The van der Waals surface area contributed by atoms with Crippen molar-refractivity contribution in [1.82, 2.24) is 10.2 Å². The van der Waals surface area contributed by atoms with Crippen molar-refractivity contribution in [2.45, 2.75) is 26.3 Å². The summed E-state index contributed by atoms with van der Waals surface area (Å²) in [5.74, 6) is 0.132. The maximum atomic E-state index is 12.3. The molecular weight excluding hydrogens is 260 g/mol. The molecule has 0 aromatic carbocycles. The van der Waals surface area contributed by atoms with Crippen molar-refractivity contribution in [3.63, 3.8) is 0 Å². The SMILES string of the molecule is CCOCCN(CCOCC)C(=O)CC1COCCN1. The second-order valence-electron chi connectivity index (χ2n) is 4.70. The van der Waals surface area contributed by atoms with Gasteiger partial charge in [-0.2, -0.15) is 0 Å². The normalized spacial score (nSPS) is 19.0. The quantitative estimate of drug-likeness (QED) is 0.585. The van der Waals surface area contributed by atoms with Gasteiger partial charge in [0.15, 0.2) is 0 Å². The van der Waals surface area contributed by atoms with Gasteiger partial charge >= 0.3 is 0 Å².